The molecule has 1 rings (SSSR count). The van der Waals surface area contributed by atoms with E-state index >= 15 is 0 Å². The molecule has 0 aliphatic heterocycles. The van der Waals surface area contributed by atoms with Gasteiger partial charge in [-0.2, -0.15) is 0 Å². The number of allylic oxidation sites excluding steroid dienone is 5. The fourth-order valence-electron chi connectivity index (χ4n) is 2.39. The van der Waals surface area contributed by atoms with Crippen LogP contribution in [0.4, 0.5) is 0 Å². The molecule has 0 N–H and O–H groups in total. The Morgan fingerprint density at radius 1 is 1.00 bits per heavy atom. The van der Waals surface area contributed by atoms with Crippen LogP contribution in [0.2, 0.25) is 0 Å². The van der Waals surface area contributed by atoms with Gasteiger partial charge in [0.15, 0.2) is 5.78 Å². The van der Waals surface area contributed by atoms with Crippen molar-refractivity contribution >= 4 is 5.78 Å². The Hall–Kier alpha value is -2.11. The second kappa shape index (κ2) is 11.5. The summed E-state index contributed by atoms with van der Waals surface area (Å²) in [6.45, 7) is 7.72. The van der Waals surface area contributed by atoms with Gasteiger partial charge < -0.3 is 0 Å². The van der Waals surface area contributed by atoms with Crippen molar-refractivity contribution in [2.24, 2.45) is 0 Å². The summed E-state index contributed by atoms with van der Waals surface area (Å²) in [5, 5.41) is 0. The van der Waals surface area contributed by atoms with E-state index in [1.807, 2.05) is 0 Å². The smallest absolute Gasteiger partial charge is 0.163 e. The minimum atomic E-state index is 0.102. The van der Waals surface area contributed by atoms with Gasteiger partial charge in [-0.05, 0) is 51.5 Å². The maximum absolute atomic E-state index is 11.4. The summed E-state index contributed by atoms with van der Waals surface area (Å²) in [6.07, 6.45) is 11.7. The Kier molecular flexibility index (Phi) is 9.43. The highest BCUT2D eigenvalue weighted by Crippen LogP contribution is 2.12. The summed E-state index contributed by atoms with van der Waals surface area (Å²) in [5.41, 5.74) is 6.65. The van der Waals surface area contributed by atoms with Crippen molar-refractivity contribution in [2.45, 2.75) is 52.4 Å². The van der Waals surface area contributed by atoms with E-state index in [1.54, 1.807) is 0 Å². The van der Waals surface area contributed by atoms with Gasteiger partial charge in [-0.15, -0.1) is 5.73 Å². The normalized spacial score (nSPS) is 11.9. The van der Waals surface area contributed by atoms with E-state index in [0.717, 1.165) is 32.1 Å². The lowest BCUT2D eigenvalue weighted by molar-refractivity contribution is -0.114. The quantitative estimate of drug-likeness (QED) is 0.295. The Balaban J connectivity index is 2.25. The van der Waals surface area contributed by atoms with E-state index in [9.17, 15) is 4.79 Å². The fourth-order valence-corrected chi connectivity index (χ4v) is 2.39. The molecule has 0 fully saturated rings. The van der Waals surface area contributed by atoms with Crippen LogP contribution in [0.15, 0.2) is 72.0 Å². The molecule has 0 amide bonds. The molecule has 1 nitrogen and oxygen atoms in total. The van der Waals surface area contributed by atoms with Crippen molar-refractivity contribution < 1.29 is 4.79 Å². The number of carbonyl (C=O) groups is 1. The SMILES string of the molecule is C=C=CC(=O)CC/C(C)=C/CC/C(C)=C/CCc1ccccc1. The zero-order valence-corrected chi connectivity index (χ0v) is 14.5. The first-order chi connectivity index (χ1) is 11.1. The molecule has 1 aromatic carbocycles. The van der Waals surface area contributed by atoms with Crippen LogP contribution in [0.3, 0.4) is 0 Å². The topological polar surface area (TPSA) is 17.1 Å². The average Bonchev–Trinajstić information content (AvgIpc) is 2.54. The second-order valence-corrected chi connectivity index (χ2v) is 5.98. The van der Waals surface area contributed by atoms with Crippen molar-refractivity contribution in [1.82, 2.24) is 0 Å². The summed E-state index contributed by atoms with van der Waals surface area (Å²) < 4.78 is 0. The third-order valence-electron chi connectivity index (χ3n) is 3.83. The third-order valence-corrected chi connectivity index (χ3v) is 3.83. The van der Waals surface area contributed by atoms with E-state index in [0.29, 0.717) is 6.42 Å². The van der Waals surface area contributed by atoms with Crippen molar-refractivity contribution in [2.75, 3.05) is 0 Å². The van der Waals surface area contributed by atoms with Crippen LogP contribution in [-0.4, -0.2) is 5.78 Å². The Morgan fingerprint density at radius 2 is 1.65 bits per heavy atom. The molecule has 0 aromatic heterocycles. The van der Waals surface area contributed by atoms with Crippen LogP contribution in [0.5, 0.6) is 0 Å². The fraction of sp³-hybridized carbons (Fsp3) is 0.364. The third kappa shape index (κ3) is 9.50. The molecule has 0 saturated heterocycles. The first-order valence-electron chi connectivity index (χ1n) is 8.35. The summed E-state index contributed by atoms with van der Waals surface area (Å²) >= 11 is 0. The predicted octanol–water partition coefficient (Wildman–Crippen LogP) is 5.98. The molecule has 0 radical (unpaired) electrons. The highest BCUT2D eigenvalue weighted by atomic mass is 16.1. The molecule has 0 aliphatic rings. The Labute approximate surface area is 141 Å². The number of hydrogen-bond donors (Lipinski definition) is 0. The van der Waals surface area contributed by atoms with E-state index in [2.05, 4.69) is 68.6 Å². The second-order valence-electron chi connectivity index (χ2n) is 5.98. The minimum Gasteiger partial charge on any atom is -0.294 e. The number of carbonyl (C=O) groups excluding carboxylic acids is 1. The highest BCUT2D eigenvalue weighted by molar-refractivity contribution is 5.89. The molecule has 0 atom stereocenters. The van der Waals surface area contributed by atoms with E-state index < -0.39 is 0 Å². The zero-order chi connectivity index (χ0) is 16.9. The maximum Gasteiger partial charge on any atom is 0.163 e. The van der Waals surface area contributed by atoms with Gasteiger partial charge in [0, 0.05) is 12.5 Å². The van der Waals surface area contributed by atoms with Crippen molar-refractivity contribution in [1.29, 1.82) is 0 Å². The van der Waals surface area contributed by atoms with Gasteiger partial charge in [0.05, 0.1) is 0 Å². The van der Waals surface area contributed by atoms with Crippen LogP contribution in [0, 0.1) is 0 Å². The van der Waals surface area contributed by atoms with Gasteiger partial charge >= 0.3 is 0 Å². The Bertz CT molecular complexity index is 584. The number of ketones is 1. The average molecular weight is 308 g/mol. The zero-order valence-electron chi connectivity index (χ0n) is 14.5. The maximum atomic E-state index is 11.4. The molecule has 1 aromatic rings. The Morgan fingerprint density at radius 3 is 2.35 bits per heavy atom. The summed E-state index contributed by atoms with van der Waals surface area (Å²) in [5.74, 6) is 0.102. The number of hydrogen-bond acceptors (Lipinski definition) is 1. The molecule has 0 bridgehead atoms. The lowest BCUT2D eigenvalue weighted by Crippen LogP contribution is -1.92. The predicted molar refractivity (Wildman–Crippen MR) is 99.5 cm³/mol. The van der Waals surface area contributed by atoms with Crippen LogP contribution < -0.4 is 0 Å². The first kappa shape index (κ1) is 18.9. The molecule has 0 heterocycles. The standard InChI is InChI=1S/C22H28O/c1-4-10-22(23)18-17-20(3)12-8-11-19(2)13-9-16-21-14-6-5-7-15-21/h5-7,10,12-15H,1,8-9,11,16-18H2,2-3H3/b19-13+,20-12+. The minimum absolute atomic E-state index is 0.102. The highest BCUT2D eigenvalue weighted by Gasteiger charge is 1.98. The van der Waals surface area contributed by atoms with Crippen LogP contribution in [0.25, 0.3) is 0 Å². The lowest BCUT2D eigenvalue weighted by Gasteiger charge is -2.02. The van der Waals surface area contributed by atoms with Crippen LogP contribution >= 0.6 is 0 Å². The van der Waals surface area contributed by atoms with Crippen molar-refractivity contribution in [3.8, 4) is 0 Å². The molecule has 1 heteroatoms. The van der Waals surface area contributed by atoms with Gasteiger partial charge in [-0.1, -0.05) is 60.2 Å². The summed E-state index contributed by atoms with van der Waals surface area (Å²) in [7, 11) is 0. The molecule has 122 valence electrons. The van der Waals surface area contributed by atoms with Gasteiger partial charge in [0.2, 0.25) is 0 Å². The number of benzene rings is 1. The molecule has 23 heavy (non-hydrogen) atoms. The number of aryl methyl sites for hydroxylation is 1. The number of rotatable bonds is 10. The van der Waals surface area contributed by atoms with Crippen molar-refractivity contribution in [3.63, 3.8) is 0 Å². The molecule has 0 aliphatic carbocycles. The van der Waals surface area contributed by atoms with Gasteiger partial charge in [0.1, 0.15) is 0 Å². The largest absolute Gasteiger partial charge is 0.294 e. The van der Waals surface area contributed by atoms with Gasteiger partial charge in [0.25, 0.3) is 0 Å². The van der Waals surface area contributed by atoms with Crippen LogP contribution in [-0.2, 0) is 11.2 Å². The molecule has 0 saturated carbocycles. The molecular weight excluding hydrogens is 280 g/mol. The van der Waals surface area contributed by atoms with E-state index in [-0.39, 0.29) is 5.78 Å². The van der Waals surface area contributed by atoms with E-state index in [1.165, 1.54) is 22.8 Å². The summed E-state index contributed by atoms with van der Waals surface area (Å²) in [4.78, 5) is 11.4. The van der Waals surface area contributed by atoms with E-state index in [4.69, 9.17) is 0 Å². The molecular formula is C22H28O. The van der Waals surface area contributed by atoms with Crippen LogP contribution in [0.1, 0.15) is 51.5 Å². The van der Waals surface area contributed by atoms with Crippen molar-refractivity contribution in [3.05, 3.63) is 77.6 Å². The van der Waals surface area contributed by atoms with Gasteiger partial charge in [-0.3, -0.25) is 4.79 Å². The summed E-state index contributed by atoms with van der Waals surface area (Å²) in [6, 6.07) is 10.6. The monoisotopic (exact) mass is 308 g/mol. The van der Waals surface area contributed by atoms with Gasteiger partial charge in [-0.25, -0.2) is 0 Å². The molecule has 0 unspecified atom stereocenters. The molecule has 0 spiro atoms. The first-order valence-corrected chi connectivity index (χ1v) is 8.35. The lowest BCUT2D eigenvalue weighted by atomic mass is 10.0.